The van der Waals surface area contributed by atoms with Gasteiger partial charge in [-0.05, 0) is 50.4 Å². The third-order valence-corrected chi connectivity index (χ3v) is 6.00. The SMILES string of the molecule is COc1ncc(C2=CCOCC2)c2sc(NC(=O)Nc3ccc(NC(=O)CN(C)C)cc3)nc12. The number of urea groups is 1. The molecule has 0 saturated heterocycles. The molecular weight excluding hydrogens is 456 g/mol. The second-order valence-electron chi connectivity index (χ2n) is 7.87. The van der Waals surface area contributed by atoms with Crippen molar-refractivity contribution in [3.8, 4) is 5.88 Å². The number of anilines is 3. The number of hydrogen-bond donors (Lipinski definition) is 3. The number of hydrogen-bond acceptors (Lipinski definition) is 8. The molecule has 178 valence electrons. The van der Waals surface area contributed by atoms with Gasteiger partial charge in [0.2, 0.25) is 11.8 Å². The molecule has 1 aliphatic heterocycles. The van der Waals surface area contributed by atoms with Crippen molar-refractivity contribution in [3.63, 3.8) is 0 Å². The standard InChI is InChI=1S/C23H26N6O4S/c1-29(2)13-18(30)25-15-4-6-16(7-5-15)26-22(31)28-23-27-19-20(34-23)17(12-24-21(19)32-3)14-8-10-33-11-9-14/h4-8,12H,9-11,13H2,1-3H3,(H,25,30)(H2,26,27,28,31). The molecule has 3 aromatic rings. The first kappa shape index (κ1) is 23.6. The van der Waals surface area contributed by atoms with Gasteiger partial charge in [0.05, 0.1) is 31.6 Å². The van der Waals surface area contributed by atoms with Crippen LogP contribution in [0.4, 0.5) is 21.3 Å². The van der Waals surface area contributed by atoms with Gasteiger partial charge < -0.3 is 25.0 Å². The molecule has 10 nitrogen and oxygen atoms in total. The summed E-state index contributed by atoms with van der Waals surface area (Å²) in [7, 11) is 5.19. The second kappa shape index (κ2) is 10.6. The molecule has 0 unspecified atom stereocenters. The largest absolute Gasteiger partial charge is 0.479 e. The van der Waals surface area contributed by atoms with Crippen molar-refractivity contribution in [2.24, 2.45) is 0 Å². The van der Waals surface area contributed by atoms with E-state index in [4.69, 9.17) is 9.47 Å². The molecule has 0 bridgehead atoms. The summed E-state index contributed by atoms with van der Waals surface area (Å²) < 4.78 is 11.7. The Morgan fingerprint density at radius 3 is 2.53 bits per heavy atom. The van der Waals surface area contributed by atoms with Crippen molar-refractivity contribution < 1.29 is 19.1 Å². The number of likely N-dealkylation sites (N-methyl/N-ethyl adjacent to an activating group) is 1. The van der Waals surface area contributed by atoms with Crippen LogP contribution in [0.2, 0.25) is 0 Å². The van der Waals surface area contributed by atoms with Crippen molar-refractivity contribution in [2.45, 2.75) is 6.42 Å². The molecule has 4 rings (SSSR count). The molecule has 2 aromatic heterocycles. The van der Waals surface area contributed by atoms with E-state index in [1.165, 1.54) is 11.3 Å². The number of nitrogens with one attached hydrogen (secondary N) is 3. The van der Waals surface area contributed by atoms with E-state index in [1.54, 1.807) is 42.5 Å². The summed E-state index contributed by atoms with van der Waals surface area (Å²) in [6.07, 6.45) is 4.60. The van der Waals surface area contributed by atoms with E-state index >= 15 is 0 Å². The van der Waals surface area contributed by atoms with E-state index in [9.17, 15) is 9.59 Å². The smallest absolute Gasteiger partial charge is 0.325 e. The van der Waals surface area contributed by atoms with E-state index < -0.39 is 6.03 Å². The fourth-order valence-corrected chi connectivity index (χ4v) is 4.48. The van der Waals surface area contributed by atoms with Crippen LogP contribution in [0.25, 0.3) is 15.8 Å². The van der Waals surface area contributed by atoms with Crippen molar-refractivity contribution in [2.75, 3.05) is 56.9 Å². The van der Waals surface area contributed by atoms with Crippen LogP contribution in [-0.4, -0.2) is 67.8 Å². The minimum atomic E-state index is -0.429. The summed E-state index contributed by atoms with van der Waals surface area (Å²) in [6, 6.07) is 6.45. The lowest BCUT2D eigenvalue weighted by Crippen LogP contribution is -2.27. The van der Waals surface area contributed by atoms with Crippen molar-refractivity contribution in [1.82, 2.24) is 14.9 Å². The zero-order valence-corrected chi connectivity index (χ0v) is 20.0. The summed E-state index contributed by atoms with van der Waals surface area (Å²) >= 11 is 1.36. The van der Waals surface area contributed by atoms with Gasteiger partial charge in [-0.1, -0.05) is 17.4 Å². The Morgan fingerprint density at radius 2 is 1.88 bits per heavy atom. The quantitative estimate of drug-likeness (QED) is 0.470. The predicted molar refractivity (Wildman–Crippen MR) is 134 cm³/mol. The van der Waals surface area contributed by atoms with Crippen LogP contribution in [0, 0.1) is 0 Å². The molecule has 1 aliphatic rings. The van der Waals surface area contributed by atoms with Crippen molar-refractivity contribution in [1.29, 1.82) is 0 Å². The van der Waals surface area contributed by atoms with Gasteiger partial charge in [0.1, 0.15) is 5.52 Å². The Hall–Kier alpha value is -3.54. The first-order valence-corrected chi connectivity index (χ1v) is 11.5. The maximum Gasteiger partial charge on any atom is 0.325 e. The molecular formula is C23H26N6O4S. The van der Waals surface area contributed by atoms with Gasteiger partial charge in [0.15, 0.2) is 5.13 Å². The van der Waals surface area contributed by atoms with Gasteiger partial charge in [-0.3, -0.25) is 10.1 Å². The molecule has 0 fully saturated rings. The number of nitrogens with zero attached hydrogens (tertiary/aromatic N) is 3. The van der Waals surface area contributed by atoms with Gasteiger partial charge in [-0.25, -0.2) is 14.8 Å². The van der Waals surface area contributed by atoms with Crippen LogP contribution in [0.3, 0.4) is 0 Å². The Labute approximate surface area is 201 Å². The van der Waals surface area contributed by atoms with Crippen molar-refractivity contribution in [3.05, 3.63) is 42.1 Å². The number of carbonyl (C=O) groups is 2. The van der Waals surface area contributed by atoms with E-state index in [2.05, 4.69) is 25.9 Å². The zero-order valence-electron chi connectivity index (χ0n) is 19.2. The number of benzene rings is 1. The number of rotatable bonds is 7. The Kier molecular flexibility index (Phi) is 7.36. The highest BCUT2D eigenvalue weighted by Crippen LogP contribution is 2.37. The Balaban J connectivity index is 1.45. The average Bonchev–Trinajstić information content (AvgIpc) is 3.23. The Bertz CT molecular complexity index is 1220. The van der Waals surface area contributed by atoms with Gasteiger partial charge in [0.25, 0.3) is 0 Å². The lowest BCUT2D eigenvalue weighted by atomic mass is 10.0. The highest BCUT2D eigenvalue weighted by atomic mass is 32.1. The van der Waals surface area contributed by atoms with Crippen LogP contribution in [0.1, 0.15) is 12.0 Å². The monoisotopic (exact) mass is 482 g/mol. The van der Waals surface area contributed by atoms with Crippen molar-refractivity contribution >= 4 is 55.6 Å². The molecule has 1 aromatic carbocycles. The van der Waals surface area contributed by atoms with Gasteiger partial charge in [0, 0.05) is 23.1 Å². The van der Waals surface area contributed by atoms with Crippen LogP contribution in [0.15, 0.2) is 36.5 Å². The number of methoxy groups -OCH3 is 1. The maximum atomic E-state index is 12.6. The number of fused-ring (bicyclic) bond motifs is 1. The fourth-order valence-electron chi connectivity index (χ4n) is 3.48. The highest BCUT2D eigenvalue weighted by molar-refractivity contribution is 7.22. The van der Waals surface area contributed by atoms with E-state index in [-0.39, 0.29) is 12.5 Å². The zero-order chi connectivity index (χ0) is 24.1. The number of amides is 3. The highest BCUT2D eigenvalue weighted by Gasteiger charge is 2.19. The first-order chi connectivity index (χ1) is 16.4. The van der Waals surface area contributed by atoms with Gasteiger partial charge in [-0.15, -0.1) is 0 Å². The summed E-state index contributed by atoms with van der Waals surface area (Å²) in [5.74, 6) is 0.295. The molecule has 0 radical (unpaired) electrons. The molecule has 3 heterocycles. The van der Waals surface area contributed by atoms with Gasteiger partial charge in [-0.2, -0.15) is 0 Å². The number of carbonyl (C=O) groups excluding carboxylic acids is 2. The van der Waals surface area contributed by atoms with E-state index in [0.29, 0.717) is 41.1 Å². The molecule has 34 heavy (non-hydrogen) atoms. The summed E-state index contributed by atoms with van der Waals surface area (Å²) in [6.45, 7) is 1.51. The molecule has 3 N–H and O–H groups in total. The third-order valence-electron chi connectivity index (χ3n) is 4.99. The molecule has 11 heteroatoms. The summed E-state index contributed by atoms with van der Waals surface area (Å²) in [5.41, 5.74) is 3.95. The Morgan fingerprint density at radius 1 is 1.15 bits per heavy atom. The van der Waals surface area contributed by atoms with E-state index in [1.807, 2.05) is 20.2 Å². The van der Waals surface area contributed by atoms with E-state index in [0.717, 1.165) is 22.3 Å². The number of aromatic nitrogens is 2. The minimum absolute atomic E-state index is 0.111. The average molecular weight is 483 g/mol. The van der Waals surface area contributed by atoms with Crippen LogP contribution in [-0.2, 0) is 9.53 Å². The number of ether oxygens (including phenoxy) is 2. The second-order valence-corrected chi connectivity index (χ2v) is 8.87. The summed E-state index contributed by atoms with van der Waals surface area (Å²) in [5, 5.41) is 8.79. The molecule has 3 amide bonds. The first-order valence-electron chi connectivity index (χ1n) is 10.7. The number of thiazole rings is 1. The lowest BCUT2D eigenvalue weighted by Gasteiger charge is -2.14. The molecule has 0 saturated carbocycles. The number of pyridine rings is 1. The molecule has 0 aliphatic carbocycles. The van der Waals surface area contributed by atoms with Crippen LogP contribution in [0.5, 0.6) is 5.88 Å². The topological polar surface area (TPSA) is 118 Å². The lowest BCUT2D eigenvalue weighted by molar-refractivity contribution is -0.116. The van der Waals surface area contributed by atoms with Gasteiger partial charge >= 0.3 is 6.03 Å². The third kappa shape index (κ3) is 5.68. The fraction of sp³-hybridized carbons (Fsp3) is 0.304. The molecule has 0 spiro atoms. The maximum absolute atomic E-state index is 12.6. The molecule has 0 atom stereocenters. The normalized spacial score (nSPS) is 13.5. The minimum Gasteiger partial charge on any atom is -0.479 e. The van der Waals surface area contributed by atoms with Crippen LogP contribution < -0.4 is 20.7 Å². The summed E-state index contributed by atoms with van der Waals surface area (Å²) in [4.78, 5) is 35.2. The van der Waals surface area contributed by atoms with Crippen LogP contribution >= 0.6 is 11.3 Å². The predicted octanol–water partition coefficient (Wildman–Crippen LogP) is 3.65.